The first-order chi connectivity index (χ1) is 8.47. The standard InChI is InChI=1S/C13H16BrCl2NO/c1-9(2)17(7-3-6-15)13(18)11-5-4-10(16)8-12(11)14/h4-5,8-9H,3,6-7H2,1-2H3. The summed E-state index contributed by atoms with van der Waals surface area (Å²) < 4.78 is 0.719. The van der Waals surface area contributed by atoms with Crippen LogP contribution in [0.5, 0.6) is 0 Å². The maximum atomic E-state index is 12.4. The molecule has 5 heteroatoms. The highest BCUT2D eigenvalue weighted by Crippen LogP contribution is 2.23. The molecule has 2 nitrogen and oxygen atoms in total. The van der Waals surface area contributed by atoms with E-state index in [1.807, 2.05) is 18.7 Å². The number of carbonyl (C=O) groups excluding carboxylic acids is 1. The number of amides is 1. The molecule has 18 heavy (non-hydrogen) atoms. The second-order valence-corrected chi connectivity index (χ2v) is 5.93. The molecule has 0 N–H and O–H groups in total. The monoisotopic (exact) mass is 351 g/mol. The van der Waals surface area contributed by atoms with Gasteiger partial charge in [0, 0.05) is 28.0 Å². The third-order valence-corrected chi connectivity index (χ3v) is 3.74. The van der Waals surface area contributed by atoms with Crippen LogP contribution in [0.2, 0.25) is 5.02 Å². The Morgan fingerprint density at radius 2 is 2.11 bits per heavy atom. The number of benzene rings is 1. The molecule has 0 atom stereocenters. The molecular weight excluding hydrogens is 337 g/mol. The summed E-state index contributed by atoms with van der Waals surface area (Å²) in [6.07, 6.45) is 0.788. The van der Waals surface area contributed by atoms with Crippen molar-refractivity contribution < 1.29 is 4.79 Å². The van der Waals surface area contributed by atoms with Crippen molar-refractivity contribution in [3.63, 3.8) is 0 Å². The number of alkyl halides is 1. The van der Waals surface area contributed by atoms with Gasteiger partial charge in [0.05, 0.1) is 5.56 Å². The van der Waals surface area contributed by atoms with Crippen LogP contribution >= 0.6 is 39.1 Å². The molecule has 0 aliphatic heterocycles. The van der Waals surface area contributed by atoms with Crippen LogP contribution in [0.15, 0.2) is 22.7 Å². The summed E-state index contributed by atoms with van der Waals surface area (Å²) in [4.78, 5) is 14.2. The lowest BCUT2D eigenvalue weighted by Gasteiger charge is -2.27. The van der Waals surface area contributed by atoms with Gasteiger partial charge in [0.25, 0.3) is 5.91 Å². The zero-order valence-electron chi connectivity index (χ0n) is 10.4. The number of hydrogen-bond donors (Lipinski definition) is 0. The predicted octanol–water partition coefficient (Wildman–Crippen LogP) is 4.58. The fourth-order valence-electron chi connectivity index (χ4n) is 1.64. The lowest BCUT2D eigenvalue weighted by atomic mass is 10.1. The minimum Gasteiger partial charge on any atom is -0.336 e. The van der Waals surface area contributed by atoms with Crippen LogP contribution in [0, 0.1) is 0 Å². The third kappa shape index (κ3) is 4.15. The summed E-state index contributed by atoms with van der Waals surface area (Å²) in [6.45, 7) is 4.65. The van der Waals surface area contributed by atoms with Gasteiger partial charge in [0.2, 0.25) is 0 Å². The van der Waals surface area contributed by atoms with Gasteiger partial charge in [-0.3, -0.25) is 4.79 Å². The quantitative estimate of drug-likeness (QED) is 0.710. The highest BCUT2D eigenvalue weighted by Gasteiger charge is 2.20. The van der Waals surface area contributed by atoms with E-state index in [0.717, 1.165) is 10.9 Å². The molecule has 100 valence electrons. The van der Waals surface area contributed by atoms with E-state index in [1.54, 1.807) is 18.2 Å². The highest BCUT2D eigenvalue weighted by atomic mass is 79.9. The largest absolute Gasteiger partial charge is 0.336 e. The van der Waals surface area contributed by atoms with Gasteiger partial charge in [-0.25, -0.2) is 0 Å². The second kappa shape index (κ2) is 7.37. The van der Waals surface area contributed by atoms with Crippen molar-refractivity contribution in [2.75, 3.05) is 12.4 Å². The van der Waals surface area contributed by atoms with E-state index in [0.29, 0.717) is 23.0 Å². The van der Waals surface area contributed by atoms with Gasteiger partial charge in [0.1, 0.15) is 0 Å². The fraction of sp³-hybridized carbons (Fsp3) is 0.462. The molecule has 1 amide bonds. The molecule has 1 rings (SSSR count). The number of carbonyl (C=O) groups is 1. The van der Waals surface area contributed by atoms with E-state index in [9.17, 15) is 4.79 Å². The normalized spacial score (nSPS) is 10.8. The minimum atomic E-state index is -0.00124. The molecule has 0 bridgehead atoms. The molecule has 0 aromatic heterocycles. The summed E-state index contributed by atoms with van der Waals surface area (Å²) in [5.41, 5.74) is 0.627. The Kier molecular flexibility index (Phi) is 6.47. The Hall–Kier alpha value is -0.250. The Balaban J connectivity index is 2.94. The minimum absolute atomic E-state index is 0.00124. The molecule has 0 aliphatic rings. The summed E-state index contributed by atoms with van der Waals surface area (Å²) in [6, 6.07) is 5.34. The number of nitrogens with zero attached hydrogens (tertiary/aromatic N) is 1. The van der Waals surface area contributed by atoms with E-state index < -0.39 is 0 Å². The van der Waals surface area contributed by atoms with Gasteiger partial charge < -0.3 is 4.90 Å². The van der Waals surface area contributed by atoms with Gasteiger partial charge in [-0.1, -0.05) is 11.6 Å². The van der Waals surface area contributed by atoms with Crippen LogP contribution in [0.4, 0.5) is 0 Å². The summed E-state index contributed by atoms with van der Waals surface area (Å²) in [5.74, 6) is 0.553. The molecule has 0 heterocycles. The van der Waals surface area contributed by atoms with Crippen molar-refractivity contribution in [2.45, 2.75) is 26.3 Å². The molecule has 1 aromatic carbocycles. The molecule has 0 unspecified atom stereocenters. The Morgan fingerprint density at radius 1 is 1.44 bits per heavy atom. The number of rotatable bonds is 5. The SMILES string of the molecule is CC(C)N(CCCCl)C(=O)c1ccc(Cl)cc1Br. The van der Waals surface area contributed by atoms with Crippen LogP contribution in [-0.4, -0.2) is 29.3 Å². The van der Waals surface area contributed by atoms with Crippen LogP contribution in [0.25, 0.3) is 0 Å². The van der Waals surface area contributed by atoms with Gasteiger partial charge in [0.15, 0.2) is 0 Å². The molecule has 0 spiro atoms. The van der Waals surface area contributed by atoms with Gasteiger partial charge >= 0.3 is 0 Å². The summed E-state index contributed by atoms with van der Waals surface area (Å²) in [5, 5.41) is 0.607. The van der Waals surface area contributed by atoms with Gasteiger partial charge in [-0.2, -0.15) is 0 Å². The first-order valence-corrected chi connectivity index (χ1v) is 7.50. The molecule has 0 fully saturated rings. The Labute approximate surface area is 126 Å². The molecule has 0 saturated carbocycles. The zero-order valence-corrected chi connectivity index (χ0v) is 13.5. The molecule has 0 aliphatic carbocycles. The van der Waals surface area contributed by atoms with E-state index in [1.165, 1.54) is 0 Å². The van der Waals surface area contributed by atoms with Gasteiger partial charge in [-0.05, 0) is 54.4 Å². The predicted molar refractivity (Wildman–Crippen MR) is 80.7 cm³/mol. The average Bonchev–Trinajstić information content (AvgIpc) is 2.28. The topological polar surface area (TPSA) is 20.3 Å². The van der Waals surface area contributed by atoms with Crippen LogP contribution in [0.1, 0.15) is 30.6 Å². The number of hydrogen-bond acceptors (Lipinski definition) is 1. The van der Waals surface area contributed by atoms with Crippen LogP contribution in [0.3, 0.4) is 0 Å². The summed E-state index contributed by atoms with van der Waals surface area (Å²) in [7, 11) is 0. The van der Waals surface area contributed by atoms with E-state index in [-0.39, 0.29) is 11.9 Å². The third-order valence-electron chi connectivity index (χ3n) is 2.58. The highest BCUT2D eigenvalue weighted by molar-refractivity contribution is 9.10. The lowest BCUT2D eigenvalue weighted by molar-refractivity contribution is 0.0705. The van der Waals surface area contributed by atoms with Crippen molar-refractivity contribution in [2.24, 2.45) is 0 Å². The fourth-order valence-corrected chi connectivity index (χ4v) is 2.61. The summed E-state index contributed by atoms with van der Waals surface area (Å²) >= 11 is 14.9. The van der Waals surface area contributed by atoms with E-state index in [4.69, 9.17) is 23.2 Å². The smallest absolute Gasteiger partial charge is 0.255 e. The van der Waals surface area contributed by atoms with E-state index in [2.05, 4.69) is 15.9 Å². The van der Waals surface area contributed by atoms with Crippen LogP contribution in [-0.2, 0) is 0 Å². The first kappa shape index (κ1) is 15.8. The molecule has 0 saturated heterocycles. The Bertz CT molecular complexity index is 423. The van der Waals surface area contributed by atoms with Crippen molar-refractivity contribution in [3.05, 3.63) is 33.3 Å². The lowest BCUT2D eigenvalue weighted by Crippen LogP contribution is -2.38. The van der Waals surface area contributed by atoms with Crippen molar-refractivity contribution in [1.82, 2.24) is 4.90 Å². The zero-order chi connectivity index (χ0) is 13.7. The van der Waals surface area contributed by atoms with Crippen molar-refractivity contribution in [3.8, 4) is 0 Å². The van der Waals surface area contributed by atoms with Crippen molar-refractivity contribution >= 4 is 45.0 Å². The van der Waals surface area contributed by atoms with E-state index >= 15 is 0 Å². The second-order valence-electron chi connectivity index (χ2n) is 4.26. The maximum Gasteiger partial charge on any atom is 0.255 e. The van der Waals surface area contributed by atoms with Crippen molar-refractivity contribution in [1.29, 1.82) is 0 Å². The Morgan fingerprint density at radius 3 is 2.61 bits per heavy atom. The maximum absolute atomic E-state index is 12.4. The molecule has 1 aromatic rings. The van der Waals surface area contributed by atoms with Crippen LogP contribution < -0.4 is 0 Å². The first-order valence-electron chi connectivity index (χ1n) is 5.79. The number of halogens is 3. The molecule has 0 radical (unpaired) electrons. The average molecular weight is 353 g/mol. The van der Waals surface area contributed by atoms with Gasteiger partial charge in [-0.15, -0.1) is 11.6 Å². The molecular formula is C13H16BrCl2NO.